The van der Waals surface area contributed by atoms with E-state index >= 15 is 0 Å². The number of hydrogen-bond donors (Lipinski definition) is 0. The lowest BCUT2D eigenvalue weighted by Crippen LogP contribution is -2.50. The maximum absolute atomic E-state index is 12.5. The topological polar surface area (TPSA) is 67.8 Å². The average Bonchev–Trinajstić information content (AvgIpc) is 2.85. The molecule has 1 aliphatic heterocycles. The molecule has 4 rings (SSSR count). The summed E-state index contributed by atoms with van der Waals surface area (Å²) in [6.07, 6.45) is 0. The van der Waals surface area contributed by atoms with E-state index in [9.17, 15) is 4.79 Å². The van der Waals surface area contributed by atoms with Gasteiger partial charge in [-0.3, -0.25) is 4.79 Å². The first-order chi connectivity index (χ1) is 15.5. The van der Waals surface area contributed by atoms with Crippen LogP contribution in [0.3, 0.4) is 0 Å². The van der Waals surface area contributed by atoms with Gasteiger partial charge in [-0.1, -0.05) is 41.4 Å². The van der Waals surface area contributed by atoms with Crippen LogP contribution in [0.25, 0.3) is 11.3 Å². The second-order valence-electron chi connectivity index (χ2n) is 7.22. The third-order valence-corrected chi connectivity index (χ3v) is 6.04. The lowest BCUT2D eigenvalue weighted by atomic mass is 10.1. The maximum atomic E-state index is 12.5. The highest BCUT2D eigenvalue weighted by atomic mass is 35.5. The summed E-state index contributed by atoms with van der Waals surface area (Å²) in [7, 11) is 1.64. The molecule has 166 valence electrons. The summed E-state index contributed by atoms with van der Waals surface area (Å²) in [5.41, 5.74) is 1.72. The van der Waals surface area contributed by atoms with Crippen LogP contribution in [0.5, 0.6) is 11.5 Å². The third kappa shape index (κ3) is 5.06. The highest BCUT2D eigenvalue weighted by Crippen LogP contribution is 2.31. The molecule has 0 radical (unpaired) electrons. The number of carbonyl (C=O) groups excluding carboxylic acids is 1. The first-order valence-electron chi connectivity index (χ1n) is 10.1. The van der Waals surface area contributed by atoms with Crippen molar-refractivity contribution in [3.05, 3.63) is 64.6 Å². The predicted molar refractivity (Wildman–Crippen MR) is 125 cm³/mol. The van der Waals surface area contributed by atoms with Gasteiger partial charge in [0.2, 0.25) is 0 Å². The molecule has 1 aliphatic rings. The Kier molecular flexibility index (Phi) is 6.97. The zero-order valence-corrected chi connectivity index (χ0v) is 19.0. The Balaban J connectivity index is 1.31. The van der Waals surface area contributed by atoms with Crippen LogP contribution in [0.1, 0.15) is 0 Å². The van der Waals surface area contributed by atoms with Gasteiger partial charge < -0.3 is 19.3 Å². The molecule has 0 spiro atoms. The molecule has 1 saturated heterocycles. The first kappa shape index (κ1) is 22.2. The number of anilines is 1. The Morgan fingerprint density at radius 2 is 1.78 bits per heavy atom. The molecular formula is C23H22Cl2N4O3. The minimum atomic E-state index is -0.0971. The lowest BCUT2D eigenvalue weighted by Gasteiger charge is -2.35. The number of benzene rings is 2. The molecule has 0 unspecified atom stereocenters. The van der Waals surface area contributed by atoms with Gasteiger partial charge in [0, 0.05) is 31.7 Å². The number of ether oxygens (including phenoxy) is 2. The van der Waals surface area contributed by atoms with Gasteiger partial charge in [0.1, 0.15) is 16.5 Å². The van der Waals surface area contributed by atoms with Crippen LogP contribution in [-0.2, 0) is 4.79 Å². The number of carbonyl (C=O) groups is 1. The fourth-order valence-electron chi connectivity index (χ4n) is 3.44. The fourth-order valence-corrected chi connectivity index (χ4v) is 3.79. The van der Waals surface area contributed by atoms with Gasteiger partial charge in [0.25, 0.3) is 5.91 Å². The van der Waals surface area contributed by atoms with Gasteiger partial charge in [0.05, 0.1) is 17.8 Å². The fraction of sp³-hybridized carbons (Fsp3) is 0.261. The molecule has 1 fully saturated rings. The predicted octanol–water partition coefficient (Wildman–Crippen LogP) is 4.19. The van der Waals surface area contributed by atoms with Crippen molar-refractivity contribution < 1.29 is 14.3 Å². The zero-order chi connectivity index (χ0) is 22.5. The molecule has 32 heavy (non-hydrogen) atoms. The number of hydrogen-bond acceptors (Lipinski definition) is 6. The molecule has 7 nitrogen and oxygen atoms in total. The van der Waals surface area contributed by atoms with Crippen molar-refractivity contribution >= 4 is 34.9 Å². The largest absolute Gasteiger partial charge is 0.497 e. The van der Waals surface area contributed by atoms with E-state index in [4.69, 9.17) is 32.7 Å². The van der Waals surface area contributed by atoms with Gasteiger partial charge in [-0.2, -0.15) is 0 Å². The number of nitrogens with zero attached hydrogens (tertiary/aromatic N) is 4. The molecule has 0 bridgehead atoms. The smallest absolute Gasteiger partial charge is 0.260 e. The monoisotopic (exact) mass is 472 g/mol. The van der Waals surface area contributed by atoms with E-state index in [1.54, 1.807) is 30.2 Å². The van der Waals surface area contributed by atoms with Crippen LogP contribution in [0.15, 0.2) is 54.6 Å². The second-order valence-corrected chi connectivity index (χ2v) is 8.00. The molecule has 9 heteroatoms. The Labute approximate surface area is 196 Å². The molecule has 0 atom stereocenters. The summed E-state index contributed by atoms with van der Waals surface area (Å²) >= 11 is 12.1. The van der Waals surface area contributed by atoms with Crippen molar-refractivity contribution in [1.29, 1.82) is 0 Å². The number of piperazine rings is 1. The maximum Gasteiger partial charge on any atom is 0.260 e. The van der Waals surface area contributed by atoms with E-state index in [2.05, 4.69) is 15.1 Å². The Morgan fingerprint density at radius 3 is 2.50 bits per heavy atom. The Morgan fingerprint density at radius 1 is 1.00 bits per heavy atom. The number of halogens is 2. The summed E-state index contributed by atoms with van der Waals surface area (Å²) in [4.78, 5) is 16.4. The minimum absolute atomic E-state index is 0.0882. The van der Waals surface area contributed by atoms with Crippen LogP contribution in [0.2, 0.25) is 10.0 Å². The summed E-state index contributed by atoms with van der Waals surface area (Å²) in [6, 6.07) is 16.7. The first-order valence-corrected chi connectivity index (χ1v) is 10.9. The zero-order valence-electron chi connectivity index (χ0n) is 17.5. The van der Waals surface area contributed by atoms with E-state index < -0.39 is 0 Å². The van der Waals surface area contributed by atoms with Gasteiger partial charge in [-0.25, -0.2) is 0 Å². The molecule has 1 aromatic heterocycles. The van der Waals surface area contributed by atoms with Crippen molar-refractivity contribution in [3.63, 3.8) is 0 Å². The second kappa shape index (κ2) is 10.1. The summed E-state index contributed by atoms with van der Waals surface area (Å²) in [5, 5.41) is 9.44. The normalized spacial score (nSPS) is 13.7. The number of rotatable bonds is 6. The third-order valence-electron chi connectivity index (χ3n) is 5.24. The highest BCUT2D eigenvalue weighted by molar-refractivity contribution is 6.42. The van der Waals surface area contributed by atoms with E-state index in [1.807, 2.05) is 36.4 Å². The molecule has 0 saturated carbocycles. The highest BCUT2D eigenvalue weighted by Gasteiger charge is 2.23. The Hall–Kier alpha value is -3.03. The molecule has 3 aromatic rings. The number of amides is 1. The van der Waals surface area contributed by atoms with E-state index in [1.165, 1.54) is 0 Å². The van der Waals surface area contributed by atoms with Gasteiger partial charge in [0.15, 0.2) is 12.4 Å². The van der Waals surface area contributed by atoms with Crippen LogP contribution in [-0.4, -0.2) is 60.9 Å². The van der Waals surface area contributed by atoms with Crippen LogP contribution in [0, 0.1) is 0 Å². The van der Waals surface area contributed by atoms with Crippen LogP contribution < -0.4 is 14.4 Å². The van der Waals surface area contributed by atoms with Gasteiger partial charge in [-0.15, -0.1) is 10.2 Å². The quantitative estimate of drug-likeness (QED) is 0.535. The molecule has 0 N–H and O–H groups in total. The summed E-state index contributed by atoms with van der Waals surface area (Å²) in [6.45, 7) is 2.39. The van der Waals surface area contributed by atoms with E-state index in [-0.39, 0.29) is 12.5 Å². The van der Waals surface area contributed by atoms with E-state index in [0.29, 0.717) is 42.0 Å². The number of aromatic nitrogens is 2. The van der Waals surface area contributed by atoms with Gasteiger partial charge in [-0.05, 0) is 36.4 Å². The van der Waals surface area contributed by atoms with E-state index in [0.717, 1.165) is 22.8 Å². The molecule has 2 aromatic carbocycles. The van der Waals surface area contributed by atoms with Crippen molar-refractivity contribution in [3.8, 4) is 22.8 Å². The summed E-state index contributed by atoms with van der Waals surface area (Å²) < 4.78 is 10.8. The van der Waals surface area contributed by atoms with Crippen molar-refractivity contribution in [2.24, 2.45) is 0 Å². The van der Waals surface area contributed by atoms with Crippen molar-refractivity contribution in [1.82, 2.24) is 15.1 Å². The SMILES string of the molecule is COc1cccc(-c2ccc(N3CCN(C(=O)COc4cccc(Cl)c4Cl)CC3)nn2)c1. The molecule has 1 amide bonds. The minimum Gasteiger partial charge on any atom is -0.497 e. The number of methoxy groups -OCH3 is 1. The van der Waals surface area contributed by atoms with Gasteiger partial charge >= 0.3 is 0 Å². The van der Waals surface area contributed by atoms with Crippen LogP contribution >= 0.6 is 23.2 Å². The lowest BCUT2D eigenvalue weighted by molar-refractivity contribution is -0.133. The molecule has 2 heterocycles. The van der Waals surface area contributed by atoms with Crippen molar-refractivity contribution in [2.75, 3.05) is 44.8 Å². The molecule has 0 aliphatic carbocycles. The average molecular weight is 473 g/mol. The van der Waals surface area contributed by atoms with Crippen molar-refractivity contribution in [2.45, 2.75) is 0 Å². The Bertz CT molecular complexity index is 1090. The molecular weight excluding hydrogens is 451 g/mol. The standard InChI is InChI=1S/C23H22Cl2N4O3/c1-31-17-5-2-4-16(14-17)19-8-9-21(27-26-19)28-10-12-29(13-11-28)22(30)15-32-20-7-3-6-18(24)23(20)25/h2-9,14H,10-13,15H2,1H3. The van der Waals surface area contributed by atoms with Crippen LogP contribution in [0.4, 0.5) is 5.82 Å². The summed E-state index contributed by atoms with van der Waals surface area (Å²) in [5.74, 6) is 1.86.